The summed E-state index contributed by atoms with van der Waals surface area (Å²) in [5.41, 5.74) is 1.81. The Bertz CT molecular complexity index is 597. The first-order valence-electron chi connectivity index (χ1n) is 7.59. The van der Waals surface area contributed by atoms with Crippen LogP contribution in [0.25, 0.3) is 0 Å². The van der Waals surface area contributed by atoms with Crippen LogP contribution in [-0.4, -0.2) is 23.5 Å². The molecule has 2 aromatic rings. The average molecular weight is 298 g/mol. The highest BCUT2D eigenvalue weighted by atomic mass is 16.5. The molecule has 4 nitrogen and oxygen atoms in total. The van der Waals surface area contributed by atoms with E-state index in [0.717, 1.165) is 18.6 Å². The van der Waals surface area contributed by atoms with E-state index in [2.05, 4.69) is 22.4 Å². The summed E-state index contributed by atoms with van der Waals surface area (Å²) >= 11 is 0. The second kappa shape index (κ2) is 8.17. The van der Waals surface area contributed by atoms with Crippen molar-refractivity contribution in [3.63, 3.8) is 0 Å². The highest BCUT2D eigenvalue weighted by Gasteiger charge is 2.04. The summed E-state index contributed by atoms with van der Waals surface area (Å²) in [5.74, 6) is 0.817. The third-order valence-electron chi connectivity index (χ3n) is 3.12. The van der Waals surface area contributed by atoms with Crippen LogP contribution in [0.5, 0.6) is 5.75 Å². The third kappa shape index (κ3) is 5.20. The lowest BCUT2D eigenvalue weighted by molar-refractivity contribution is 0.0953. The molecule has 4 heteroatoms. The Morgan fingerprint density at radius 2 is 2.14 bits per heavy atom. The largest absolute Gasteiger partial charge is 0.491 e. The molecule has 0 aliphatic heterocycles. The van der Waals surface area contributed by atoms with Crippen molar-refractivity contribution in [2.24, 2.45) is 0 Å². The summed E-state index contributed by atoms with van der Waals surface area (Å²) in [4.78, 5) is 15.8. The van der Waals surface area contributed by atoms with Gasteiger partial charge in [0.2, 0.25) is 0 Å². The minimum atomic E-state index is -0.0787. The Kier molecular flexibility index (Phi) is 5.95. The molecule has 0 fully saturated rings. The van der Waals surface area contributed by atoms with Gasteiger partial charge in [-0.1, -0.05) is 12.1 Å². The minimum Gasteiger partial charge on any atom is -0.491 e. The second-order valence-electron chi connectivity index (χ2n) is 5.42. The molecule has 0 unspecified atom stereocenters. The number of carbonyl (C=O) groups is 1. The van der Waals surface area contributed by atoms with Gasteiger partial charge in [0.05, 0.1) is 11.7 Å². The highest BCUT2D eigenvalue weighted by molar-refractivity contribution is 5.93. The molecule has 0 bridgehead atoms. The molecule has 0 atom stereocenters. The van der Waals surface area contributed by atoms with Gasteiger partial charge in [0.15, 0.2) is 0 Å². The lowest BCUT2D eigenvalue weighted by Gasteiger charge is -2.11. The number of nitrogens with zero attached hydrogens (tertiary/aromatic N) is 1. The molecule has 1 aromatic carbocycles. The van der Waals surface area contributed by atoms with Crippen molar-refractivity contribution < 1.29 is 9.53 Å². The molecule has 1 amide bonds. The van der Waals surface area contributed by atoms with E-state index >= 15 is 0 Å². The number of pyridine rings is 1. The number of rotatable bonds is 7. The van der Waals surface area contributed by atoms with Crippen LogP contribution in [0.15, 0.2) is 48.8 Å². The van der Waals surface area contributed by atoms with Crippen molar-refractivity contribution in [2.75, 3.05) is 6.54 Å². The van der Waals surface area contributed by atoms with Crippen LogP contribution in [0.3, 0.4) is 0 Å². The molecule has 0 saturated heterocycles. The fraction of sp³-hybridized carbons (Fsp3) is 0.333. The lowest BCUT2D eigenvalue weighted by atomic mass is 10.1. The number of aromatic nitrogens is 1. The predicted octanol–water partition coefficient (Wildman–Crippen LogP) is 3.23. The monoisotopic (exact) mass is 298 g/mol. The van der Waals surface area contributed by atoms with E-state index in [4.69, 9.17) is 4.74 Å². The molecule has 1 heterocycles. The fourth-order valence-electron chi connectivity index (χ4n) is 2.14. The van der Waals surface area contributed by atoms with Gasteiger partial charge < -0.3 is 10.1 Å². The first-order valence-corrected chi connectivity index (χ1v) is 7.59. The molecule has 0 aliphatic rings. The standard InChI is InChI=1S/C18H22N2O2/c1-14(2)22-17-9-3-6-15(12-17)7-4-11-20-18(21)16-8-5-10-19-13-16/h3,5-6,8-10,12-14H,4,7,11H2,1-2H3,(H,20,21). The summed E-state index contributed by atoms with van der Waals surface area (Å²) in [6.07, 6.45) is 5.19. The number of carbonyl (C=O) groups excluding carboxylic acids is 1. The number of aryl methyl sites for hydroxylation is 1. The van der Waals surface area contributed by atoms with Gasteiger partial charge in [0, 0.05) is 18.9 Å². The van der Waals surface area contributed by atoms with Gasteiger partial charge in [-0.05, 0) is 56.5 Å². The number of hydrogen-bond acceptors (Lipinski definition) is 3. The predicted molar refractivity (Wildman–Crippen MR) is 87.1 cm³/mol. The summed E-state index contributed by atoms with van der Waals surface area (Å²) in [6.45, 7) is 4.67. The SMILES string of the molecule is CC(C)Oc1cccc(CCCNC(=O)c2cccnc2)c1. The van der Waals surface area contributed by atoms with E-state index in [1.807, 2.05) is 26.0 Å². The van der Waals surface area contributed by atoms with Crippen molar-refractivity contribution in [1.29, 1.82) is 0 Å². The Labute approximate surface area is 131 Å². The average Bonchev–Trinajstić information content (AvgIpc) is 2.52. The van der Waals surface area contributed by atoms with Crippen LogP contribution in [0, 0.1) is 0 Å². The Morgan fingerprint density at radius 3 is 2.86 bits per heavy atom. The number of hydrogen-bond donors (Lipinski definition) is 1. The maximum Gasteiger partial charge on any atom is 0.252 e. The zero-order valence-corrected chi connectivity index (χ0v) is 13.1. The quantitative estimate of drug-likeness (QED) is 0.798. The van der Waals surface area contributed by atoms with E-state index in [-0.39, 0.29) is 12.0 Å². The van der Waals surface area contributed by atoms with E-state index in [1.54, 1.807) is 24.5 Å². The normalized spacial score (nSPS) is 10.5. The maximum atomic E-state index is 11.9. The van der Waals surface area contributed by atoms with Crippen LogP contribution in [0.4, 0.5) is 0 Å². The molecular weight excluding hydrogens is 276 g/mol. The van der Waals surface area contributed by atoms with E-state index in [1.165, 1.54) is 5.56 Å². The lowest BCUT2D eigenvalue weighted by Crippen LogP contribution is -2.24. The van der Waals surface area contributed by atoms with Crippen LogP contribution in [-0.2, 0) is 6.42 Å². The van der Waals surface area contributed by atoms with Gasteiger partial charge in [0.1, 0.15) is 5.75 Å². The van der Waals surface area contributed by atoms with Crippen molar-refractivity contribution in [1.82, 2.24) is 10.3 Å². The summed E-state index contributed by atoms with van der Waals surface area (Å²) in [7, 11) is 0. The van der Waals surface area contributed by atoms with Gasteiger partial charge >= 0.3 is 0 Å². The zero-order valence-electron chi connectivity index (χ0n) is 13.1. The second-order valence-corrected chi connectivity index (χ2v) is 5.42. The molecular formula is C18H22N2O2. The first-order chi connectivity index (χ1) is 10.6. The minimum absolute atomic E-state index is 0.0787. The summed E-state index contributed by atoms with van der Waals surface area (Å²) < 4.78 is 5.68. The molecule has 22 heavy (non-hydrogen) atoms. The molecule has 1 N–H and O–H groups in total. The van der Waals surface area contributed by atoms with Crippen LogP contribution in [0.1, 0.15) is 36.2 Å². The van der Waals surface area contributed by atoms with Crippen molar-refractivity contribution in [3.05, 3.63) is 59.9 Å². The van der Waals surface area contributed by atoms with Gasteiger partial charge in [-0.3, -0.25) is 9.78 Å². The van der Waals surface area contributed by atoms with Crippen LogP contribution < -0.4 is 10.1 Å². The molecule has 116 valence electrons. The van der Waals surface area contributed by atoms with E-state index in [9.17, 15) is 4.79 Å². The molecule has 0 aliphatic carbocycles. The number of amides is 1. The van der Waals surface area contributed by atoms with Crippen molar-refractivity contribution in [3.8, 4) is 5.75 Å². The number of benzene rings is 1. The third-order valence-corrected chi connectivity index (χ3v) is 3.12. The zero-order chi connectivity index (χ0) is 15.8. The Hall–Kier alpha value is -2.36. The van der Waals surface area contributed by atoms with Crippen molar-refractivity contribution in [2.45, 2.75) is 32.8 Å². The molecule has 1 aromatic heterocycles. The molecule has 2 rings (SSSR count). The van der Waals surface area contributed by atoms with Gasteiger partial charge in [0.25, 0.3) is 5.91 Å². The van der Waals surface area contributed by atoms with Gasteiger partial charge in [-0.2, -0.15) is 0 Å². The van der Waals surface area contributed by atoms with Crippen LogP contribution in [0.2, 0.25) is 0 Å². The van der Waals surface area contributed by atoms with E-state index < -0.39 is 0 Å². The summed E-state index contributed by atoms with van der Waals surface area (Å²) in [5, 5.41) is 2.91. The topological polar surface area (TPSA) is 51.2 Å². The summed E-state index contributed by atoms with van der Waals surface area (Å²) in [6, 6.07) is 11.6. The maximum absolute atomic E-state index is 11.9. The number of ether oxygens (including phenoxy) is 1. The molecule has 0 saturated carbocycles. The highest BCUT2D eigenvalue weighted by Crippen LogP contribution is 2.15. The number of nitrogens with one attached hydrogen (secondary N) is 1. The Morgan fingerprint density at radius 1 is 1.27 bits per heavy atom. The molecule has 0 radical (unpaired) electrons. The van der Waals surface area contributed by atoms with Gasteiger partial charge in [-0.15, -0.1) is 0 Å². The van der Waals surface area contributed by atoms with E-state index in [0.29, 0.717) is 12.1 Å². The fourth-order valence-corrected chi connectivity index (χ4v) is 2.14. The molecule has 0 spiro atoms. The first kappa shape index (κ1) is 16.0. The van der Waals surface area contributed by atoms with Crippen molar-refractivity contribution >= 4 is 5.91 Å². The van der Waals surface area contributed by atoms with Crippen LogP contribution >= 0.6 is 0 Å². The smallest absolute Gasteiger partial charge is 0.252 e. The Balaban J connectivity index is 1.76. The van der Waals surface area contributed by atoms with Gasteiger partial charge in [-0.25, -0.2) is 0 Å².